The van der Waals surface area contributed by atoms with E-state index in [1.807, 2.05) is 4.90 Å². The van der Waals surface area contributed by atoms with Crippen LogP contribution in [0, 0.1) is 11.8 Å². The number of rotatable bonds is 3. The van der Waals surface area contributed by atoms with Crippen molar-refractivity contribution in [2.75, 3.05) is 33.2 Å². The van der Waals surface area contributed by atoms with E-state index in [0.717, 1.165) is 51.9 Å². The highest BCUT2D eigenvalue weighted by atomic mass is 16.4. The molecule has 5 heteroatoms. The molecule has 1 aliphatic heterocycles. The van der Waals surface area contributed by atoms with Gasteiger partial charge in [-0.05, 0) is 38.6 Å². The Morgan fingerprint density at radius 3 is 2.16 bits per heavy atom. The molecule has 0 aromatic heterocycles. The summed E-state index contributed by atoms with van der Waals surface area (Å²) in [5.74, 6) is -0.0155. The number of amides is 1. The third-order valence-corrected chi connectivity index (χ3v) is 4.47. The molecule has 0 atom stereocenters. The molecule has 0 aromatic carbocycles. The standard InChI is InChI=1S/C14H24N2O3/c1-15-6-8-16(9-7-15)14(19)12-4-2-11(3-5-12)10-13(17)18/h11-12H,2-10H2,1H3,(H,17,18). The van der Waals surface area contributed by atoms with Crippen molar-refractivity contribution >= 4 is 11.9 Å². The summed E-state index contributed by atoms with van der Waals surface area (Å²) in [4.78, 5) is 27.3. The van der Waals surface area contributed by atoms with E-state index in [1.165, 1.54) is 0 Å². The van der Waals surface area contributed by atoms with E-state index in [9.17, 15) is 9.59 Å². The molecule has 2 fully saturated rings. The van der Waals surface area contributed by atoms with E-state index >= 15 is 0 Å². The van der Waals surface area contributed by atoms with Crippen molar-refractivity contribution in [2.45, 2.75) is 32.1 Å². The van der Waals surface area contributed by atoms with Gasteiger partial charge < -0.3 is 14.9 Å². The highest BCUT2D eigenvalue weighted by molar-refractivity contribution is 5.79. The van der Waals surface area contributed by atoms with Crippen LogP contribution in [0.15, 0.2) is 0 Å². The predicted molar refractivity (Wildman–Crippen MR) is 71.8 cm³/mol. The monoisotopic (exact) mass is 268 g/mol. The summed E-state index contributed by atoms with van der Waals surface area (Å²) in [6, 6.07) is 0. The van der Waals surface area contributed by atoms with Crippen LogP contribution in [-0.4, -0.2) is 60.0 Å². The van der Waals surface area contributed by atoms with Crippen molar-refractivity contribution in [3.8, 4) is 0 Å². The number of carbonyl (C=O) groups excluding carboxylic acids is 1. The summed E-state index contributed by atoms with van der Waals surface area (Å²) >= 11 is 0. The molecule has 1 saturated heterocycles. The summed E-state index contributed by atoms with van der Waals surface area (Å²) in [5.41, 5.74) is 0. The van der Waals surface area contributed by atoms with E-state index in [1.54, 1.807) is 0 Å². The molecule has 0 radical (unpaired) electrons. The number of aliphatic carboxylic acids is 1. The van der Waals surface area contributed by atoms with Gasteiger partial charge in [0.1, 0.15) is 0 Å². The maximum Gasteiger partial charge on any atom is 0.303 e. The van der Waals surface area contributed by atoms with Crippen molar-refractivity contribution in [2.24, 2.45) is 11.8 Å². The van der Waals surface area contributed by atoms with E-state index in [4.69, 9.17) is 5.11 Å². The van der Waals surface area contributed by atoms with E-state index < -0.39 is 5.97 Å². The molecule has 1 saturated carbocycles. The van der Waals surface area contributed by atoms with Crippen molar-refractivity contribution in [1.82, 2.24) is 9.80 Å². The molecule has 2 aliphatic rings. The first kappa shape index (κ1) is 14.3. The second-order valence-electron chi connectivity index (χ2n) is 5.94. The minimum Gasteiger partial charge on any atom is -0.481 e. The molecule has 0 aromatic rings. The van der Waals surface area contributed by atoms with Crippen LogP contribution in [0.25, 0.3) is 0 Å². The molecular formula is C14H24N2O3. The van der Waals surface area contributed by atoms with Gasteiger partial charge in [0.2, 0.25) is 5.91 Å². The average Bonchev–Trinajstić information content (AvgIpc) is 2.39. The van der Waals surface area contributed by atoms with Gasteiger partial charge in [0.15, 0.2) is 0 Å². The Morgan fingerprint density at radius 2 is 1.63 bits per heavy atom. The molecule has 1 N–H and O–H groups in total. The molecule has 1 aliphatic carbocycles. The van der Waals surface area contributed by atoms with Gasteiger partial charge in [-0.25, -0.2) is 0 Å². The lowest BCUT2D eigenvalue weighted by molar-refractivity contribution is -0.139. The Labute approximate surface area is 114 Å². The Balaban J connectivity index is 1.77. The molecule has 0 unspecified atom stereocenters. The van der Waals surface area contributed by atoms with Crippen molar-refractivity contribution < 1.29 is 14.7 Å². The molecule has 0 bridgehead atoms. The van der Waals surface area contributed by atoms with E-state index in [2.05, 4.69) is 11.9 Å². The Bertz CT molecular complexity index is 330. The van der Waals surface area contributed by atoms with Gasteiger partial charge in [0, 0.05) is 38.5 Å². The predicted octanol–water partition coefficient (Wildman–Crippen LogP) is 1.04. The zero-order valence-electron chi connectivity index (χ0n) is 11.7. The molecule has 1 amide bonds. The zero-order chi connectivity index (χ0) is 13.8. The van der Waals surface area contributed by atoms with Crippen LogP contribution in [0.1, 0.15) is 32.1 Å². The highest BCUT2D eigenvalue weighted by Crippen LogP contribution is 2.32. The largest absolute Gasteiger partial charge is 0.481 e. The van der Waals surface area contributed by atoms with Crippen LogP contribution >= 0.6 is 0 Å². The van der Waals surface area contributed by atoms with E-state index in [-0.39, 0.29) is 18.3 Å². The first-order valence-corrected chi connectivity index (χ1v) is 7.25. The summed E-state index contributed by atoms with van der Waals surface area (Å²) in [6.45, 7) is 3.59. The molecule has 5 nitrogen and oxygen atoms in total. The van der Waals surface area contributed by atoms with Crippen LogP contribution in [0.4, 0.5) is 0 Å². The minimum absolute atomic E-state index is 0.133. The maximum atomic E-state index is 12.4. The lowest BCUT2D eigenvalue weighted by Gasteiger charge is -2.36. The smallest absolute Gasteiger partial charge is 0.303 e. The van der Waals surface area contributed by atoms with E-state index in [0.29, 0.717) is 5.91 Å². The van der Waals surface area contributed by atoms with Crippen molar-refractivity contribution in [1.29, 1.82) is 0 Å². The number of likely N-dealkylation sites (N-methyl/N-ethyl adjacent to an activating group) is 1. The summed E-state index contributed by atoms with van der Waals surface area (Å²) in [5, 5.41) is 8.79. The fraction of sp³-hybridized carbons (Fsp3) is 0.857. The number of carbonyl (C=O) groups is 2. The van der Waals surface area contributed by atoms with Gasteiger partial charge in [0.05, 0.1) is 0 Å². The molecular weight excluding hydrogens is 244 g/mol. The van der Waals surface area contributed by atoms with Gasteiger partial charge in [-0.15, -0.1) is 0 Å². The van der Waals surface area contributed by atoms with Crippen LogP contribution in [0.2, 0.25) is 0 Å². The zero-order valence-corrected chi connectivity index (χ0v) is 11.7. The quantitative estimate of drug-likeness (QED) is 0.831. The van der Waals surface area contributed by atoms with Gasteiger partial charge in [-0.3, -0.25) is 9.59 Å². The molecule has 19 heavy (non-hydrogen) atoms. The molecule has 2 rings (SSSR count). The first-order valence-electron chi connectivity index (χ1n) is 7.25. The number of carboxylic acid groups (broad SMARTS) is 1. The van der Waals surface area contributed by atoms with Crippen molar-refractivity contribution in [3.63, 3.8) is 0 Å². The number of carboxylic acids is 1. The first-order chi connectivity index (χ1) is 9.06. The van der Waals surface area contributed by atoms with Crippen LogP contribution in [0.5, 0.6) is 0 Å². The van der Waals surface area contributed by atoms with Crippen molar-refractivity contribution in [3.05, 3.63) is 0 Å². The minimum atomic E-state index is -0.714. The average molecular weight is 268 g/mol. The highest BCUT2D eigenvalue weighted by Gasteiger charge is 2.31. The Hall–Kier alpha value is -1.10. The molecule has 1 heterocycles. The van der Waals surface area contributed by atoms with Crippen LogP contribution < -0.4 is 0 Å². The SMILES string of the molecule is CN1CCN(C(=O)C2CCC(CC(=O)O)CC2)CC1. The fourth-order valence-corrected chi connectivity index (χ4v) is 3.15. The van der Waals surface area contributed by atoms with Crippen LogP contribution in [-0.2, 0) is 9.59 Å². The Morgan fingerprint density at radius 1 is 1.05 bits per heavy atom. The van der Waals surface area contributed by atoms with Gasteiger partial charge in [0.25, 0.3) is 0 Å². The number of piperazine rings is 1. The third kappa shape index (κ3) is 3.93. The van der Waals surface area contributed by atoms with Gasteiger partial charge >= 0.3 is 5.97 Å². The normalized spacial score (nSPS) is 29.2. The van der Waals surface area contributed by atoms with Gasteiger partial charge in [-0.1, -0.05) is 0 Å². The summed E-state index contributed by atoms with van der Waals surface area (Å²) in [7, 11) is 2.08. The third-order valence-electron chi connectivity index (χ3n) is 4.47. The lowest BCUT2D eigenvalue weighted by Crippen LogP contribution is -2.49. The lowest BCUT2D eigenvalue weighted by atomic mass is 9.80. The number of hydrogen-bond acceptors (Lipinski definition) is 3. The fourth-order valence-electron chi connectivity index (χ4n) is 3.15. The molecule has 0 spiro atoms. The Kier molecular flexibility index (Phi) is 4.80. The molecule has 108 valence electrons. The topological polar surface area (TPSA) is 60.9 Å². The van der Waals surface area contributed by atoms with Gasteiger partial charge in [-0.2, -0.15) is 0 Å². The summed E-state index contributed by atoms with van der Waals surface area (Å²) < 4.78 is 0. The van der Waals surface area contributed by atoms with Crippen LogP contribution in [0.3, 0.4) is 0 Å². The number of hydrogen-bond donors (Lipinski definition) is 1. The maximum absolute atomic E-state index is 12.4. The number of nitrogens with zero attached hydrogens (tertiary/aromatic N) is 2. The second kappa shape index (κ2) is 6.37. The second-order valence-corrected chi connectivity index (χ2v) is 5.94. The summed E-state index contributed by atoms with van der Waals surface area (Å²) in [6.07, 6.45) is 3.76.